The van der Waals surface area contributed by atoms with Crippen LogP contribution in [0.2, 0.25) is 0 Å². The van der Waals surface area contributed by atoms with Crippen molar-refractivity contribution >= 4 is 30.3 Å². The molecule has 2 atom stereocenters. The minimum Gasteiger partial charge on any atom is -0.480 e. The molecular weight excluding hydrogens is 456 g/mol. The summed E-state index contributed by atoms with van der Waals surface area (Å²) in [4.78, 5) is 34.5. The van der Waals surface area contributed by atoms with Crippen LogP contribution < -0.4 is 11.1 Å². The third-order valence-electron chi connectivity index (χ3n) is 5.93. The molecule has 202 valence electrons. The van der Waals surface area contributed by atoms with Crippen molar-refractivity contribution in [1.29, 1.82) is 0 Å². The Morgan fingerprint density at radius 1 is 0.794 bits per heavy atom. The molecule has 0 aliphatic heterocycles. The van der Waals surface area contributed by atoms with Crippen LogP contribution in [-0.2, 0) is 19.1 Å². The Morgan fingerprint density at radius 2 is 1.21 bits per heavy atom. The fourth-order valence-electron chi connectivity index (χ4n) is 3.73. The highest BCUT2D eigenvalue weighted by atomic mass is 35.5. The Labute approximate surface area is 213 Å². The van der Waals surface area contributed by atoms with Gasteiger partial charge in [0, 0.05) is 6.42 Å². The molecule has 0 unspecified atom stereocenters. The second-order valence-electron chi connectivity index (χ2n) is 9.25. The summed E-state index contributed by atoms with van der Waals surface area (Å²) in [6, 6.07) is -1.93. The number of carboxylic acid groups (broad SMARTS) is 1. The summed E-state index contributed by atoms with van der Waals surface area (Å²) in [5.74, 6) is -2.17. The number of rotatable bonds is 23. The fourth-order valence-corrected chi connectivity index (χ4v) is 3.73. The Kier molecular flexibility index (Phi) is 25.4. The zero-order valence-corrected chi connectivity index (χ0v) is 22.5. The lowest BCUT2D eigenvalue weighted by Crippen LogP contribution is -2.47. The third kappa shape index (κ3) is 22.5. The molecule has 34 heavy (non-hydrogen) atoms. The van der Waals surface area contributed by atoms with E-state index in [2.05, 4.69) is 12.2 Å². The SMILES string of the molecule is CCCCCCCCCCCCCCCCCCOC(=O)CC[C@@H](NC(=O)[C@H](C)N)C(=O)O.Cl. The molecule has 0 aromatic heterocycles. The number of nitrogens with two attached hydrogens (primary N) is 1. The van der Waals surface area contributed by atoms with Crippen LogP contribution in [0.3, 0.4) is 0 Å². The number of ether oxygens (including phenoxy) is 1. The third-order valence-corrected chi connectivity index (χ3v) is 5.93. The summed E-state index contributed by atoms with van der Waals surface area (Å²) in [5, 5.41) is 11.5. The fraction of sp³-hybridized carbons (Fsp3) is 0.885. The standard InChI is InChI=1S/C26H50N2O5.ClH/c1-3-4-5-6-7-8-9-10-11-12-13-14-15-16-17-18-21-33-24(29)20-19-23(26(31)32)28-25(30)22(2)27;/h22-23H,3-21,27H2,1-2H3,(H,28,30)(H,31,32);1H/t22-,23+;/m0./s1. The Balaban J connectivity index is 0. The molecule has 0 rings (SSSR count). The highest BCUT2D eigenvalue weighted by molar-refractivity contribution is 5.86. The molecule has 0 radical (unpaired) electrons. The normalized spacial score (nSPS) is 12.4. The van der Waals surface area contributed by atoms with E-state index in [1.54, 1.807) is 0 Å². The number of unbranched alkanes of at least 4 members (excludes halogenated alkanes) is 15. The van der Waals surface area contributed by atoms with Gasteiger partial charge < -0.3 is 20.9 Å². The van der Waals surface area contributed by atoms with Crippen LogP contribution in [-0.4, -0.2) is 41.6 Å². The maximum atomic E-state index is 11.8. The van der Waals surface area contributed by atoms with Gasteiger partial charge >= 0.3 is 11.9 Å². The van der Waals surface area contributed by atoms with E-state index in [0.717, 1.165) is 19.3 Å². The van der Waals surface area contributed by atoms with E-state index in [1.807, 2.05) is 0 Å². The van der Waals surface area contributed by atoms with E-state index in [4.69, 9.17) is 15.6 Å². The van der Waals surface area contributed by atoms with Crippen LogP contribution >= 0.6 is 12.4 Å². The zero-order chi connectivity index (χ0) is 24.7. The molecule has 0 fully saturated rings. The lowest BCUT2D eigenvalue weighted by atomic mass is 10.0. The smallest absolute Gasteiger partial charge is 0.326 e. The van der Waals surface area contributed by atoms with Gasteiger partial charge in [0.15, 0.2) is 0 Å². The summed E-state index contributed by atoms with van der Waals surface area (Å²) in [6.45, 7) is 4.10. The lowest BCUT2D eigenvalue weighted by Gasteiger charge is -2.15. The van der Waals surface area contributed by atoms with Crippen LogP contribution in [0.1, 0.15) is 129 Å². The van der Waals surface area contributed by atoms with E-state index in [9.17, 15) is 14.4 Å². The van der Waals surface area contributed by atoms with E-state index >= 15 is 0 Å². The number of hydrogen-bond acceptors (Lipinski definition) is 5. The van der Waals surface area contributed by atoms with Crippen LogP contribution in [0.5, 0.6) is 0 Å². The molecule has 0 heterocycles. The topological polar surface area (TPSA) is 119 Å². The van der Waals surface area contributed by atoms with Gasteiger partial charge in [-0.3, -0.25) is 9.59 Å². The first kappa shape index (κ1) is 34.8. The number of amides is 1. The van der Waals surface area contributed by atoms with Gasteiger partial charge in [-0.1, -0.05) is 103 Å². The molecule has 0 aromatic rings. The number of carbonyl (C=O) groups excluding carboxylic acids is 2. The van der Waals surface area contributed by atoms with Crippen molar-refractivity contribution in [3.8, 4) is 0 Å². The molecule has 0 bridgehead atoms. The molecule has 8 heteroatoms. The maximum absolute atomic E-state index is 11.8. The summed E-state index contributed by atoms with van der Waals surface area (Å²) < 4.78 is 5.17. The summed E-state index contributed by atoms with van der Waals surface area (Å²) in [6.07, 6.45) is 20.6. The van der Waals surface area contributed by atoms with Gasteiger partial charge in [-0.25, -0.2) is 4.79 Å². The molecule has 0 aromatic carbocycles. The Morgan fingerprint density at radius 3 is 1.59 bits per heavy atom. The van der Waals surface area contributed by atoms with E-state index in [0.29, 0.717) is 6.61 Å². The van der Waals surface area contributed by atoms with Gasteiger partial charge in [0.05, 0.1) is 12.6 Å². The molecule has 0 saturated heterocycles. The van der Waals surface area contributed by atoms with Crippen molar-refractivity contribution in [2.75, 3.05) is 6.61 Å². The molecule has 4 N–H and O–H groups in total. The average Bonchev–Trinajstić information content (AvgIpc) is 2.78. The predicted molar refractivity (Wildman–Crippen MR) is 140 cm³/mol. The highest BCUT2D eigenvalue weighted by Crippen LogP contribution is 2.13. The van der Waals surface area contributed by atoms with Gasteiger partial charge in [0.1, 0.15) is 6.04 Å². The first-order valence-electron chi connectivity index (χ1n) is 13.3. The molecule has 7 nitrogen and oxygen atoms in total. The molecular formula is C26H51ClN2O5. The van der Waals surface area contributed by atoms with Crippen molar-refractivity contribution in [3.05, 3.63) is 0 Å². The van der Waals surface area contributed by atoms with Crippen LogP contribution in [0, 0.1) is 0 Å². The molecule has 1 amide bonds. The van der Waals surface area contributed by atoms with E-state index in [-0.39, 0.29) is 25.2 Å². The number of nitrogens with one attached hydrogen (secondary N) is 1. The average molecular weight is 507 g/mol. The largest absolute Gasteiger partial charge is 0.480 e. The van der Waals surface area contributed by atoms with Crippen LogP contribution in [0.15, 0.2) is 0 Å². The minimum absolute atomic E-state index is 0. The van der Waals surface area contributed by atoms with Crippen LogP contribution in [0.4, 0.5) is 0 Å². The maximum Gasteiger partial charge on any atom is 0.326 e. The number of carbonyl (C=O) groups is 3. The van der Waals surface area contributed by atoms with E-state index in [1.165, 1.54) is 90.4 Å². The van der Waals surface area contributed by atoms with Gasteiger partial charge in [-0.2, -0.15) is 0 Å². The number of carboxylic acids is 1. The molecule has 0 spiro atoms. The molecule has 0 aliphatic carbocycles. The van der Waals surface area contributed by atoms with Crippen LogP contribution in [0.25, 0.3) is 0 Å². The minimum atomic E-state index is -1.19. The number of halogens is 1. The number of aliphatic carboxylic acids is 1. The van der Waals surface area contributed by atoms with Gasteiger partial charge in [0.25, 0.3) is 0 Å². The number of esters is 1. The first-order valence-corrected chi connectivity index (χ1v) is 13.3. The number of hydrogen-bond donors (Lipinski definition) is 3. The monoisotopic (exact) mass is 506 g/mol. The van der Waals surface area contributed by atoms with Crippen molar-refractivity contribution in [3.63, 3.8) is 0 Å². The van der Waals surface area contributed by atoms with Crippen molar-refractivity contribution in [2.45, 2.75) is 142 Å². The van der Waals surface area contributed by atoms with E-state index < -0.39 is 29.9 Å². The Bertz CT molecular complexity index is 517. The van der Waals surface area contributed by atoms with Gasteiger partial charge in [-0.05, 0) is 19.8 Å². The van der Waals surface area contributed by atoms with Gasteiger partial charge in [-0.15, -0.1) is 12.4 Å². The quantitative estimate of drug-likeness (QED) is 0.117. The summed E-state index contributed by atoms with van der Waals surface area (Å²) in [7, 11) is 0. The summed E-state index contributed by atoms with van der Waals surface area (Å²) in [5.41, 5.74) is 5.42. The van der Waals surface area contributed by atoms with Crippen molar-refractivity contribution in [2.24, 2.45) is 5.73 Å². The predicted octanol–water partition coefficient (Wildman–Crippen LogP) is 5.91. The van der Waals surface area contributed by atoms with Crippen molar-refractivity contribution < 1.29 is 24.2 Å². The summed E-state index contributed by atoms with van der Waals surface area (Å²) >= 11 is 0. The second-order valence-corrected chi connectivity index (χ2v) is 9.25. The lowest BCUT2D eigenvalue weighted by molar-refractivity contribution is -0.145. The second kappa shape index (κ2) is 24.8. The highest BCUT2D eigenvalue weighted by Gasteiger charge is 2.22. The Hall–Kier alpha value is -1.34. The molecule has 0 saturated carbocycles. The van der Waals surface area contributed by atoms with Crippen molar-refractivity contribution in [1.82, 2.24) is 5.32 Å². The van der Waals surface area contributed by atoms with Gasteiger partial charge in [0.2, 0.25) is 5.91 Å². The molecule has 0 aliphatic rings. The zero-order valence-electron chi connectivity index (χ0n) is 21.7. The first-order chi connectivity index (χ1) is 15.9.